The molecule has 126 valence electrons. The van der Waals surface area contributed by atoms with Crippen LogP contribution in [0.5, 0.6) is 5.75 Å². The van der Waals surface area contributed by atoms with Gasteiger partial charge in [0.2, 0.25) is 0 Å². The molecule has 0 aromatic heterocycles. The molecule has 1 saturated carbocycles. The number of halogens is 1. The Hall–Kier alpha value is -1.66. The summed E-state index contributed by atoms with van der Waals surface area (Å²) in [6.45, 7) is 3.73. The lowest BCUT2D eigenvalue weighted by Crippen LogP contribution is -2.57. The molecule has 2 aliphatic rings. The van der Waals surface area contributed by atoms with Crippen LogP contribution in [0, 0.1) is 5.82 Å². The molecule has 2 fully saturated rings. The molecule has 5 nitrogen and oxygen atoms in total. The lowest BCUT2D eigenvalue weighted by Gasteiger charge is -2.43. The molecule has 0 spiro atoms. The molecule has 1 aromatic rings. The Labute approximate surface area is 135 Å². The van der Waals surface area contributed by atoms with Crippen LogP contribution < -0.4 is 5.32 Å². The highest BCUT2D eigenvalue weighted by Crippen LogP contribution is 2.35. The third-order valence-electron chi connectivity index (χ3n) is 4.99. The number of ether oxygens (including phenoxy) is 1. The lowest BCUT2D eigenvalue weighted by molar-refractivity contribution is -0.0199. The Kier molecular flexibility index (Phi) is 4.82. The number of aromatic hydroxyl groups is 1. The number of phenolic OH excluding ortho intramolecular Hbond substituents is 1. The second-order valence-corrected chi connectivity index (χ2v) is 6.38. The van der Waals surface area contributed by atoms with Crippen molar-refractivity contribution in [2.24, 2.45) is 0 Å². The molecule has 1 amide bonds. The summed E-state index contributed by atoms with van der Waals surface area (Å²) in [5.41, 5.74) is -0.0646. The van der Waals surface area contributed by atoms with Crippen molar-refractivity contribution in [1.29, 1.82) is 0 Å². The smallest absolute Gasteiger partial charge is 0.254 e. The summed E-state index contributed by atoms with van der Waals surface area (Å²) in [6.07, 6.45) is 4.40. The first-order chi connectivity index (χ1) is 11.1. The predicted molar refractivity (Wildman–Crippen MR) is 84.0 cm³/mol. The van der Waals surface area contributed by atoms with Gasteiger partial charge in [-0.1, -0.05) is 12.8 Å². The van der Waals surface area contributed by atoms with Crippen LogP contribution in [-0.4, -0.2) is 54.3 Å². The van der Waals surface area contributed by atoms with Crippen molar-refractivity contribution >= 4 is 5.91 Å². The van der Waals surface area contributed by atoms with Crippen LogP contribution >= 0.6 is 0 Å². The fourth-order valence-corrected chi connectivity index (χ4v) is 3.70. The number of nitrogens with one attached hydrogen (secondary N) is 1. The maximum Gasteiger partial charge on any atom is 0.254 e. The van der Waals surface area contributed by atoms with Crippen molar-refractivity contribution in [1.82, 2.24) is 10.2 Å². The number of benzene rings is 1. The van der Waals surface area contributed by atoms with E-state index >= 15 is 0 Å². The maximum atomic E-state index is 13.8. The van der Waals surface area contributed by atoms with Crippen LogP contribution in [0.2, 0.25) is 0 Å². The average Bonchev–Trinajstić information content (AvgIpc) is 3.04. The predicted octanol–water partition coefficient (Wildman–Crippen LogP) is 1.91. The van der Waals surface area contributed by atoms with E-state index in [1.165, 1.54) is 12.1 Å². The highest BCUT2D eigenvalue weighted by atomic mass is 19.1. The van der Waals surface area contributed by atoms with Gasteiger partial charge in [0.1, 0.15) is 11.6 Å². The van der Waals surface area contributed by atoms with Gasteiger partial charge in [0, 0.05) is 31.2 Å². The largest absolute Gasteiger partial charge is 0.508 e. The minimum absolute atomic E-state index is 0.0297. The zero-order valence-corrected chi connectivity index (χ0v) is 13.2. The number of amides is 1. The Balaban J connectivity index is 1.68. The van der Waals surface area contributed by atoms with Gasteiger partial charge in [-0.2, -0.15) is 0 Å². The molecule has 1 aromatic carbocycles. The van der Waals surface area contributed by atoms with Crippen molar-refractivity contribution in [3.63, 3.8) is 0 Å². The Morgan fingerprint density at radius 2 is 2.00 bits per heavy atom. The lowest BCUT2D eigenvalue weighted by atomic mass is 9.94. The number of carbonyl (C=O) groups is 1. The summed E-state index contributed by atoms with van der Waals surface area (Å²) in [5, 5.41) is 12.1. The molecule has 23 heavy (non-hydrogen) atoms. The number of morpholine rings is 1. The van der Waals surface area contributed by atoms with Crippen molar-refractivity contribution in [2.75, 3.05) is 32.8 Å². The van der Waals surface area contributed by atoms with Gasteiger partial charge in [-0.25, -0.2) is 4.39 Å². The molecule has 1 heterocycles. The molecule has 0 bridgehead atoms. The third-order valence-corrected chi connectivity index (χ3v) is 4.99. The number of nitrogens with zero attached hydrogens (tertiary/aromatic N) is 1. The van der Waals surface area contributed by atoms with E-state index < -0.39 is 11.7 Å². The summed E-state index contributed by atoms with van der Waals surface area (Å²) >= 11 is 0. The molecule has 6 heteroatoms. The number of hydrogen-bond donors (Lipinski definition) is 2. The molecule has 0 radical (unpaired) electrons. The highest BCUT2D eigenvalue weighted by Gasteiger charge is 2.40. The van der Waals surface area contributed by atoms with Crippen LogP contribution in [-0.2, 0) is 4.74 Å². The second kappa shape index (κ2) is 6.84. The van der Waals surface area contributed by atoms with Crippen molar-refractivity contribution in [3.8, 4) is 5.75 Å². The SMILES string of the molecule is O=C(NCC1(N2CCOCC2)CCCC1)c1ccc(O)cc1F. The van der Waals surface area contributed by atoms with Crippen LogP contribution in [0.25, 0.3) is 0 Å². The molecule has 1 aliphatic heterocycles. The zero-order valence-electron chi connectivity index (χ0n) is 13.2. The van der Waals surface area contributed by atoms with Crippen molar-refractivity contribution < 1.29 is 19.0 Å². The van der Waals surface area contributed by atoms with Crippen molar-refractivity contribution in [2.45, 2.75) is 31.2 Å². The topological polar surface area (TPSA) is 61.8 Å². The van der Waals surface area contributed by atoms with Crippen molar-refractivity contribution in [3.05, 3.63) is 29.6 Å². The molecule has 3 rings (SSSR count). The molecule has 0 atom stereocenters. The first kappa shape index (κ1) is 16.2. The van der Waals surface area contributed by atoms with E-state index in [0.29, 0.717) is 6.54 Å². The summed E-state index contributed by atoms with van der Waals surface area (Å²) < 4.78 is 19.2. The van der Waals surface area contributed by atoms with Gasteiger partial charge < -0.3 is 15.2 Å². The number of carbonyl (C=O) groups excluding carboxylic acids is 1. The zero-order chi connectivity index (χ0) is 16.3. The van der Waals surface area contributed by atoms with Gasteiger partial charge >= 0.3 is 0 Å². The number of rotatable bonds is 4. The maximum absolute atomic E-state index is 13.8. The summed E-state index contributed by atoms with van der Waals surface area (Å²) in [4.78, 5) is 14.7. The van der Waals surface area contributed by atoms with Gasteiger partial charge in [-0.15, -0.1) is 0 Å². The number of hydrogen-bond acceptors (Lipinski definition) is 4. The molecule has 2 N–H and O–H groups in total. The normalized spacial score (nSPS) is 21.3. The summed E-state index contributed by atoms with van der Waals surface area (Å²) in [5.74, 6) is -1.31. The average molecular weight is 322 g/mol. The van der Waals surface area contributed by atoms with Gasteiger partial charge in [-0.3, -0.25) is 9.69 Å². The fraction of sp³-hybridized carbons (Fsp3) is 0.588. The Bertz CT molecular complexity index is 567. The second-order valence-electron chi connectivity index (χ2n) is 6.38. The first-order valence-electron chi connectivity index (χ1n) is 8.20. The minimum atomic E-state index is -0.700. The van der Waals surface area contributed by atoms with Crippen LogP contribution in [0.1, 0.15) is 36.0 Å². The van der Waals surface area contributed by atoms with Crippen LogP contribution in [0.15, 0.2) is 18.2 Å². The van der Waals surface area contributed by atoms with Crippen LogP contribution in [0.3, 0.4) is 0 Å². The summed E-state index contributed by atoms with van der Waals surface area (Å²) in [6, 6.07) is 3.60. The third kappa shape index (κ3) is 3.48. The molecule has 1 aliphatic carbocycles. The monoisotopic (exact) mass is 322 g/mol. The van der Waals surface area contributed by atoms with E-state index in [1.54, 1.807) is 0 Å². The van der Waals surface area contributed by atoms with Gasteiger partial charge in [-0.05, 0) is 25.0 Å². The molecule has 0 unspecified atom stereocenters. The molecular formula is C17H23FN2O3. The van der Waals surface area contributed by atoms with E-state index in [2.05, 4.69) is 10.2 Å². The van der Waals surface area contributed by atoms with Gasteiger partial charge in [0.15, 0.2) is 0 Å². The van der Waals surface area contributed by atoms with E-state index in [1.807, 2.05) is 0 Å². The van der Waals surface area contributed by atoms with Gasteiger partial charge in [0.25, 0.3) is 5.91 Å². The fourth-order valence-electron chi connectivity index (χ4n) is 3.70. The first-order valence-corrected chi connectivity index (χ1v) is 8.20. The molecule has 1 saturated heterocycles. The standard InChI is InChI=1S/C17H23FN2O3/c18-15-11-13(21)3-4-14(15)16(22)19-12-17(5-1-2-6-17)20-7-9-23-10-8-20/h3-4,11,21H,1-2,5-10,12H2,(H,19,22). The highest BCUT2D eigenvalue weighted by molar-refractivity contribution is 5.94. The van der Waals surface area contributed by atoms with Crippen LogP contribution in [0.4, 0.5) is 4.39 Å². The van der Waals surface area contributed by atoms with E-state index in [4.69, 9.17) is 4.74 Å². The van der Waals surface area contributed by atoms with Gasteiger partial charge in [0.05, 0.1) is 18.8 Å². The summed E-state index contributed by atoms with van der Waals surface area (Å²) in [7, 11) is 0. The van der Waals surface area contributed by atoms with E-state index in [0.717, 1.165) is 58.1 Å². The number of phenols is 1. The molecular weight excluding hydrogens is 299 g/mol. The Morgan fingerprint density at radius 1 is 1.30 bits per heavy atom. The van der Waals surface area contributed by atoms with E-state index in [9.17, 15) is 14.3 Å². The minimum Gasteiger partial charge on any atom is -0.508 e. The van der Waals surface area contributed by atoms with E-state index in [-0.39, 0.29) is 16.9 Å². The Morgan fingerprint density at radius 3 is 2.65 bits per heavy atom. The quantitative estimate of drug-likeness (QED) is 0.889.